The predicted molar refractivity (Wildman–Crippen MR) is 75.7 cm³/mol. The van der Waals surface area contributed by atoms with Crippen LogP contribution in [0.25, 0.3) is 0 Å². The van der Waals surface area contributed by atoms with Gasteiger partial charge in [0.15, 0.2) is 0 Å². The second-order valence-corrected chi connectivity index (χ2v) is 5.38. The van der Waals surface area contributed by atoms with Gasteiger partial charge in [0.25, 0.3) is 0 Å². The van der Waals surface area contributed by atoms with Crippen molar-refractivity contribution in [3.63, 3.8) is 0 Å². The molecule has 1 rings (SSSR count). The van der Waals surface area contributed by atoms with Crippen LogP contribution in [-0.4, -0.2) is 65.3 Å². The first-order valence-electron chi connectivity index (χ1n) is 7.34. The Hall–Kier alpha value is -1.30. The van der Waals surface area contributed by atoms with Crippen molar-refractivity contribution in [3.05, 3.63) is 0 Å². The molecule has 1 fully saturated rings. The molecule has 1 atom stereocenters. The van der Waals surface area contributed by atoms with Gasteiger partial charge in [0.05, 0.1) is 12.5 Å². The molecule has 1 saturated heterocycles. The van der Waals surface area contributed by atoms with Gasteiger partial charge in [-0.15, -0.1) is 0 Å². The number of carbonyl (C=O) groups excluding carboxylic acids is 1. The number of urea groups is 1. The number of hydrogen-bond acceptors (Lipinski definition) is 3. The molecule has 6 heteroatoms. The van der Waals surface area contributed by atoms with E-state index in [4.69, 9.17) is 9.84 Å². The van der Waals surface area contributed by atoms with Crippen LogP contribution in [0.1, 0.15) is 40.0 Å². The number of carbonyl (C=O) groups is 2. The quantitative estimate of drug-likeness (QED) is 0.808. The van der Waals surface area contributed by atoms with Crippen molar-refractivity contribution in [2.75, 3.05) is 26.2 Å². The first-order valence-corrected chi connectivity index (χ1v) is 7.34. The second-order valence-electron chi connectivity index (χ2n) is 5.38. The van der Waals surface area contributed by atoms with E-state index in [0.29, 0.717) is 13.2 Å². The molecular weight excluding hydrogens is 260 g/mol. The van der Waals surface area contributed by atoms with E-state index in [1.54, 1.807) is 9.80 Å². The fraction of sp³-hybridized carbons (Fsp3) is 0.857. The summed E-state index contributed by atoms with van der Waals surface area (Å²) >= 11 is 0. The van der Waals surface area contributed by atoms with Crippen LogP contribution in [0.15, 0.2) is 0 Å². The highest BCUT2D eigenvalue weighted by Crippen LogP contribution is 2.16. The fourth-order valence-electron chi connectivity index (χ4n) is 2.46. The summed E-state index contributed by atoms with van der Waals surface area (Å²) in [4.78, 5) is 26.6. The Balaban J connectivity index is 2.61. The Kier molecular flexibility index (Phi) is 6.78. The number of rotatable bonds is 6. The molecule has 20 heavy (non-hydrogen) atoms. The standard InChI is InChI=1S/C14H26N2O4/c1-4-20-12-6-5-8-15(10-12)14(19)16(11(2)3)9-7-13(17)18/h11-12H,4-10H2,1-3H3,(H,17,18). The maximum atomic E-state index is 12.5. The number of piperidine rings is 1. The van der Waals surface area contributed by atoms with Crippen LogP contribution in [-0.2, 0) is 9.53 Å². The van der Waals surface area contributed by atoms with Gasteiger partial charge >= 0.3 is 12.0 Å². The Morgan fingerprint density at radius 2 is 2.15 bits per heavy atom. The summed E-state index contributed by atoms with van der Waals surface area (Å²) < 4.78 is 5.60. The molecule has 1 heterocycles. The Labute approximate surface area is 120 Å². The zero-order valence-electron chi connectivity index (χ0n) is 12.7. The summed E-state index contributed by atoms with van der Waals surface area (Å²) in [5, 5.41) is 8.78. The molecule has 6 nitrogen and oxygen atoms in total. The molecule has 0 aliphatic carbocycles. The maximum absolute atomic E-state index is 12.5. The number of aliphatic carboxylic acids is 1. The number of amides is 2. The fourth-order valence-corrected chi connectivity index (χ4v) is 2.46. The molecule has 116 valence electrons. The van der Waals surface area contributed by atoms with Crippen LogP contribution in [0.2, 0.25) is 0 Å². The van der Waals surface area contributed by atoms with E-state index in [0.717, 1.165) is 19.4 Å². The zero-order valence-corrected chi connectivity index (χ0v) is 12.7. The first kappa shape index (κ1) is 16.8. The minimum absolute atomic E-state index is 0.00526. The molecule has 1 unspecified atom stereocenters. The molecule has 0 saturated carbocycles. The van der Waals surface area contributed by atoms with Crippen LogP contribution >= 0.6 is 0 Å². The summed E-state index contributed by atoms with van der Waals surface area (Å²) in [5.74, 6) is -0.880. The summed E-state index contributed by atoms with van der Waals surface area (Å²) in [7, 11) is 0. The maximum Gasteiger partial charge on any atom is 0.320 e. The third kappa shape index (κ3) is 5.00. The van der Waals surface area contributed by atoms with Crippen LogP contribution in [0.5, 0.6) is 0 Å². The highest BCUT2D eigenvalue weighted by Gasteiger charge is 2.28. The van der Waals surface area contributed by atoms with Crippen molar-refractivity contribution in [1.29, 1.82) is 0 Å². The number of hydrogen-bond donors (Lipinski definition) is 1. The summed E-state index contributed by atoms with van der Waals surface area (Å²) in [6.07, 6.45) is 1.99. The van der Waals surface area contributed by atoms with Crippen molar-refractivity contribution in [1.82, 2.24) is 9.80 Å². The molecule has 1 aliphatic heterocycles. The van der Waals surface area contributed by atoms with E-state index in [1.165, 1.54) is 0 Å². The van der Waals surface area contributed by atoms with Gasteiger partial charge in [0, 0.05) is 32.3 Å². The normalized spacial score (nSPS) is 19.2. The Bertz CT molecular complexity index is 331. The summed E-state index contributed by atoms with van der Waals surface area (Å²) in [6, 6.07) is -0.0834. The topological polar surface area (TPSA) is 70.1 Å². The van der Waals surface area contributed by atoms with E-state index in [9.17, 15) is 9.59 Å². The monoisotopic (exact) mass is 286 g/mol. The molecule has 0 radical (unpaired) electrons. The van der Waals surface area contributed by atoms with Gasteiger partial charge in [-0.05, 0) is 33.6 Å². The van der Waals surface area contributed by atoms with Gasteiger partial charge in [0.2, 0.25) is 0 Å². The van der Waals surface area contributed by atoms with Crippen molar-refractivity contribution in [2.24, 2.45) is 0 Å². The Morgan fingerprint density at radius 3 is 2.70 bits per heavy atom. The van der Waals surface area contributed by atoms with Gasteiger partial charge in [-0.3, -0.25) is 4.79 Å². The van der Waals surface area contributed by atoms with Gasteiger partial charge in [-0.2, -0.15) is 0 Å². The molecule has 0 aromatic carbocycles. The summed E-state index contributed by atoms with van der Waals surface area (Å²) in [6.45, 7) is 7.99. The van der Waals surface area contributed by atoms with E-state index in [1.807, 2.05) is 20.8 Å². The molecule has 2 amide bonds. The number of likely N-dealkylation sites (tertiary alicyclic amines) is 1. The van der Waals surface area contributed by atoms with Crippen LogP contribution in [0.4, 0.5) is 4.79 Å². The SMILES string of the molecule is CCOC1CCCN(C(=O)N(CCC(=O)O)C(C)C)C1. The van der Waals surface area contributed by atoms with Gasteiger partial charge in [0.1, 0.15) is 0 Å². The van der Waals surface area contributed by atoms with Crippen LogP contribution < -0.4 is 0 Å². The molecule has 1 N–H and O–H groups in total. The molecule has 0 bridgehead atoms. The van der Waals surface area contributed by atoms with Crippen molar-refractivity contribution >= 4 is 12.0 Å². The molecule has 1 aliphatic rings. The van der Waals surface area contributed by atoms with Crippen molar-refractivity contribution in [3.8, 4) is 0 Å². The minimum atomic E-state index is -0.880. The third-order valence-electron chi connectivity index (χ3n) is 3.49. The van der Waals surface area contributed by atoms with Crippen molar-refractivity contribution < 1.29 is 19.4 Å². The average molecular weight is 286 g/mol. The van der Waals surface area contributed by atoms with Gasteiger partial charge in [-0.1, -0.05) is 0 Å². The average Bonchev–Trinajstić information content (AvgIpc) is 2.38. The largest absolute Gasteiger partial charge is 0.481 e. The van der Waals surface area contributed by atoms with Crippen LogP contribution in [0, 0.1) is 0 Å². The van der Waals surface area contributed by atoms with E-state index < -0.39 is 5.97 Å². The van der Waals surface area contributed by atoms with E-state index in [2.05, 4.69) is 0 Å². The molecule has 0 aromatic rings. The molecule has 0 aromatic heterocycles. The smallest absolute Gasteiger partial charge is 0.320 e. The number of carboxylic acid groups (broad SMARTS) is 1. The lowest BCUT2D eigenvalue weighted by atomic mass is 10.1. The minimum Gasteiger partial charge on any atom is -0.481 e. The summed E-state index contributed by atoms with van der Waals surface area (Å²) in [5.41, 5.74) is 0. The number of ether oxygens (including phenoxy) is 1. The first-order chi connectivity index (χ1) is 9.45. The Morgan fingerprint density at radius 1 is 1.45 bits per heavy atom. The van der Waals surface area contributed by atoms with E-state index >= 15 is 0 Å². The lowest BCUT2D eigenvalue weighted by molar-refractivity contribution is -0.137. The molecule has 0 spiro atoms. The van der Waals surface area contributed by atoms with E-state index in [-0.39, 0.29) is 31.1 Å². The highest BCUT2D eigenvalue weighted by atomic mass is 16.5. The molecular formula is C14H26N2O4. The van der Waals surface area contributed by atoms with Crippen LogP contribution in [0.3, 0.4) is 0 Å². The number of carboxylic acids is 1. The lowest BCUT2D eigenvalue weighted by Gasteiger charge is -2.37. The zero-order chi connectivity index (χ0) is 15.1. The number of nitrogens with zero attached hydrogens (tertiary/aromatic N) is 2. The van der Waals surface area contributed by atoms with Crippen molar-refractivity contribution in [2.45, 2.75) is 52.2 Å². The van der Waals surface area contributed by atoms with Gasteiger partial charge < -0.3 is 19.6 Å². The highest BCUT2D eigenvalue weighted by molar-refractivity contribution is 5.76. The van der Waals surface area contributed by atoms with Gasteiger partial charge in [-0.25, -0.2) is 4.79 Å². The second kappa shape index (κ2) is 8.09. The predicted octanol–water partition coefficient (Wildman–Crippen LogP) is 1.79. The lowest BCUT2D eigenvalue weighted by Crippen LogP contribution is -2.51. The third-order valence-corrected chi connectivity index (χ3v) is 3.49.